The first-order valence-electron chi connectivity index (χ1n) is 6.57. The van der Waals surface area contributed by atoms with Crippen molar-refractivity contribution < 1.29 is 19.4 Å². The van der Waals surface area contributed by atoms with Crippen LogP contribution in [0.4, 0.5) is 0 Å². The molecule has 0 aromatic heterocycles. The molecule has 0 aromatic carbocycles. The van der Waals surface area contributed by atoms with Crippen LogP contribution in [0.15, 0.2) is 0 Å². The molecule has 0 aliphatic rings. The number of esters is 1. The standard InChI is InChI=1S/C14H26NO4/c1-7-11(12(16)17)8-10(2)13(18)19-14(3,4)9-15(5)6/h9-11H,7-8H2,1-6H3,(H,16,17). The number of nitrogens with zero attached hydrogens (tertiary/aromatic N) is 1. The Labute approximate surface area is 115 Å². The van der Waals surface area contributed by atoms with Gasteiger partial charge in [0.15, 0.2) is 0 Å². The van der Waals surface area contributed by atoms with Crippen LogP contribution in [0.3, 0.4) is 0 Å². The van der Waals surface area contributed by atoms with Crippen molar-refractivity contribution in [2.75, 3.05) is 14.1 Å². The van der Waals surface area contributed by atoms with Gasteiger partial charge in [-0.15, -0.1) is 0 Å². The highest BCUT2D eigenvalue weighted by atomic mass is 16.6. The van der Waals surface area contributed by atoms with Gasteiger partial charge in [0.25, 0.3) is 0 Å². The number of hydrogen-bond donors (Lipinski definition) is 1. The highest BCUT2D eigenvalue weighted by molar-refractivity contribution is 5.75. The minimum absolute atomic E-state index is 0.308. The molecule has 0 rings (SSSR count). The molecule has 1 radical (unpaired) electrons. The number of ether oxygens (including phenoxy) is 1. The van der Waals surface area contributed by atoms with Crippen molar-refractivity contribution in [3.63, 3.8) is 0 Å². The molecule has 0 heterocycles. The molecule has 0 spiro atoms. The van der Waals surface area contributed by atoms with E-state index < -0.39 is 23.4 Å². The first-order valence-corrected chi connectivity index (χ1v) is 6.57. The summed E-state index contributed by atoms with van der Waals surface area (Å²) >= 11 is 0. The van der Waals surface area contributed by atoms with E-state index in [2.05, 4.69) is 0 Å². The molecule has 0 amide bonds. The first-order chi connectivity index (χ1) is 8.59. The van der Waals surface area contributed by atoms with Crippen LogP contribution in [0.1, 0.15) is 40.5 Å². The van der Waals surface area contributed by atoms with Gasteiger partial charge in [-0.3, -0.25) is 9.59 Å². The maximum Gasteiger partial charge on any atom is 0.309 e. The molecule has 2 atom stereocenters. The van der Waals surface area contributed by atoms with Crippen LogP contribution in [0.2, 0.25) is 0 Å². The number of carbonyl (C=O) groups excluding carboxylic acids is 1. The molecule has 0 aliphatic heterocycles. The second-order valence-corrected chi connectivity index (χ2v) is 5.70. The summed E-state index contributed by atoms with van der Waals surface area (Å²) in [5.41, 5.74) is -0.695. The molecule has 19 heavy (non-hydrogen) atoms. The topological polar surface area (TPSA) is 66.8 Å². The van der Waals surface area contributed by atoms with E-state index in [1.807, 2.05) is 19.0 Å². The van der Waals surface area contributed by atoms with E-state index in [1.54, 1.807) is 34.2 Å². The average Bonchev–Trinajstić information content (AvgIpc) is 2.21. The molecule has 5 heteroatoms. The molecule has 5 nitrogen and oxygen atoms in total. The predicted octanol–water partition coefficient (Wildman–Crippen LogP) is 2.17. The Bertz CT molecular complexity index is 313. The number of carboxylic acid groups (broad SMARTS) is 1. The third-order valence-electron chi connectivity index (χ3n) is 2.82. The first kappa shape index (κ1) is 17.9. The van der Waals surface area contributed by atoms with Crippen LogP contribution in [0.5, 0.6) is 0 Å². The Kier molecular flexibility index (Phi) is 7.05. The van der Waals surface area contributed by atoms with Gasteiger partial charge in [-0.05, 0) is 40.8 Å². The van der Waals surface area contributed by atoms with Crippen LogP contribution in [0, 0.1) is 18.4 Å². The lowest BCUT2D eigenvalue weighted by atomic mass is 9.93. The third kappa shape index (κ3) is 7.15. The van der Waals surface area contributed by atoms with E-state index in [4.69, 9.17) is 9.84 Å². The van der Waals surface area contributed by atoms with Gasteiger partial charge in [0.1, 0.15) is 5.60 Å². The van der Waals surface area contributed by atoms with Gasteiger partial charge in [-0.1, -0.05) is 13.8 Å². The Morgan fingerprint density at radius 1 is 1.37 bits per heavy atom. The Balaban J connectivity index is 4.45. The van der Waals surface area contributed by atoms with Crippen LogP contribution in [-0.2, 0) is 14.3 Å². The molecule has 0 aromatic rings. The molecule has 1 N–H and O–H groups in total. The largest absolute Gasteiger partial charge is 0.481 e. The Hall–Kier alpha value is -1.10. The SMILES string of the molecule is CCC(CC(C)C(=O)OC(C)(C)[CH]N(C)C)C(=O)O. The molecule has 0 aliphatic carbocycles. The molecular weight excluding hydrogens is 246 g/mol. The Morgan fingerprint density at radius 2 is 1.89 bits per heavy atom. The zero-order chi connectivity index (χ0) is 15.2. The summed E-state index contributed by atoms with van der Waals surface area (Å²) < 4.78 is 5.41. The summed E-state index contributed by atoms with van der Waals surface area (Å²) in [4.78, 5) is 24.7. The van der Waals surface area contributed by atoms with Gasteiger partial charge in [0.2, 0.25) is 0 Å². The van der Waals surface area contributed by atoms with E-state index in [-0.39, 0.29) is 5.97 Å². The lowest BCUT2D eigenvalue weighted by Gasteiger charge is -2.29. The highest BCUT2D eigenvalue weighted by Gasteiger charge is 2.29. The van der Waals surface area contributed by atoms with Gasteiger partial charge in [0.05, 0.1) is 18.4 Å². The monoisotopic (exact) mass is 272 g/mol. The van der Waals surface area contributed by atoms with Crippen molar-refractivity contribution in [2.24, 2.45) is 11.8 Å². The van der Waals surface area contributed by atoms with Gasteiger partial charge >= 0.3 is 11.9 Å². The lowest BCUT2D eigenvalue weighted by molar-refractivity contribution is -0.160. The van der Waals surface area contributed by atoms with Gasteiger partial charge in [0, 0.05) is 0 Å². The summed E-state index contributed by atoms with van der Waals surface area (Å²) in [6, 6.07) is 0. The highest BCUT2D eigenvalue weighted by Crippen LogP contribution is 2.21. The van der Waals surface area contributed by atoms with E-state index in [0.717, 1.165) is 0 Å². The average molecular weight is 272 g/mol. The summed E-state index contributed by atoms with van der Waals surface area (Å²) in [7, 11) is 3.72. The zero-order valence-corrected chi connectivity index (χ0v) is 12.8. The summed E-state index contributed by atoms with van der Waals surface area (Å²) in [6.07, 6.45) is 0.822. The second kappa shape index (κ2) is 7.48. The van der Waals surface area contributed by atoms with Crippen LogP contribution >= 0.6 is 0 Å². The summed E-state index contributed by atoms with van der Waals surface area (Å²) in [5, 5.41) is 8.99. The van der Waals surface area contributed by atoms with Crippen molar-refractivity contribution in [1.29, 1.82) is 0 Å². The van der Waals surface area contributed by atoms with Crippen molar-refractivity contribution in [3.05, 3.63) is 6.54 Å². The van der Waals surface area contributed by atoms with E-state index in [1.165, 1.54) is 0 Å². The predicted molar refractivity (Wildman–Crippen MR) is 73.4 cm³/mol. The van der Waals surface area contributed by atoms with Crippen molar-refractivity contribution in [2.45, 2.75) is 46.1 Å². The number of aliphatic carboxylic acids is 1. The number of carboxylic acids is 1. The van der Waals surface area contributed by atoms with Crippen molar-refractivity contribution in [3.8, 4) is 0 Å². The number of carbonyl (C=O) groups is 2. The molecule has 0 saturated carbocycles. The molecule has 2 unspecified atom stereocenters. The normalized spacial score (nSPS) is 15.1. The fourth-order valence-corrected chi connectivity index (χ4v) is 1.97. The van der Waals surface area contributed by atoms with Crippen molar-refractivity contribution >= 4 is 11.9 Å². The van der Waals surface area contributed by atoms with E-state index in [9.17, 15) is 9.59 Å². The van der Waals surface area contributed by atoms with Crippen LogP contribution in [0.25, 0.3) is 0 Å². The van der Waals surface area contributed by atoms with Crippen molar-refractivity contribution in [1.82, 2.24) is 4.90 Å². The molecular formula is C14H26NO4. The number of likely N-dealkylation sites (N-methyl/N-ethyl adjacent to an activating group) is 1. The fraction of sp³-hybridized carbons (Fsp3) is 0.786. The summed E-state index contributed by atoms with van der Waals surface area (Å²) in [6.45, 7) is 8.91. The maximum atomic E-state index is 12.0. The van der Waals surface area contributed by atoms with Crippen LogP contribution < -0.4 is 0 Å². The minimum atomic E-state index is -0.860. The molecule has 111 valence electrons. The molecule has 0 bridgehead atoms. The Morgan fingerprint density at radius 3 is 2.26 bits per heavy atom. The fourth-order valence-electron chi connectivity index (χ4n) is 1.97. The van der Waals surface area contributed by atoms with Gasteiger partial charge < -0.3 is 14.7 Å². The number of rotatable bonds is 8. The lowest BCUT2D eigenvalue weighted by Crippen LogP contribution is -2.36. The summed E-state index contributed by atoms with van der Waals surface area (Å²) in [5.74, 6) is -2.14. The maximum absolute atomic E-state index is 12.0. The smallest absolute Gasteiger partial charge is 0.309 e. The number of hydrogen-bond acceptors (Lipinski definition) is 4. The van der Waals surface area contributed by atoms with E-state index in [0.29, 0.717) is 12.8 Å². The van der Waals surface area contributed by atoms with Gasteiger partial charge in [-0.25, -0.2) is 0 Å². The van der Waals surface area contributed by atoms with Gasteiger partial charge in [-0.2, -0.15) is 0 Å². The third-order valence-corrected chi connectivity index (χ3v) is 2.82. The molecule has 0 saturated heterocycles. The minimum Gasteiger partial charge on any atom is -0.481 e. The zero-order valence-electron chi connectivity index (χ0n) is 12.8. The quantitative estimate of drug-likeness (QED) is 0.686. The molecule has 0 fully saturated rings. The second-order valence-electron chi connectivity index (χ2n) is 5.70. The van der Waals surface area contributed by atoms with E-state index >= 15 is 0 Å². The van der Waals surface area contributed by atoms with Crippen LogP contribution in [-0.4, -0.2) is 41.6 Å².